The van der Waals surface area contributed by atoms with Crippen molar-refractivity contribution < 1.29 is 32.3 Å². The zero-order valence-corrected chi connectivity index (χ0v) is 14.2. The summed E-state index contributed by atoms with van der Waals surface area (Å²) in [5.74, 6) is -0.0417. The molecule has 0 unspecified atom stereocenters. The van der Waals surface area contributed by atoms with Crippen LogP contribution in [-0.2, 0) is 39.5 Å². The van der Waals surface area contributed by atoms with Crippen molar-refractivity contribution in [3.8, 4) is 5.75 Å². The van der Waals surface area contributed by atoms with Crippen LogP contribution in [0.2, 0.25) is 0 Å². The van der Waals surface area contributed by atoms with Crippen LogP contribution in [0.25, 0.3) is 0 Å². The number of phenols is 1. The van der Waals surface area contributed by atoms with E-state index in [1.54, 1.807) is 6.07 Å². The second-order valence-corrected chi connectivity index (χ2v) is 8.81. The Morgan fingerprint density at radius 1 is 0.810 bits per heavy atom. The molecule has 120 valence electrons. The first-order chi connectivity index (χ1) is 9.79. The summed E-state index contributed by atoms with van der Waals surface area (Å²) in [5.41, 5.74) is 1.08. The standard InChI is InChI=1S/C12H20O7P2/c1-16-20(14,17-2)8-10-5-11(7-12(13)6-10)9-21(15,18-3)19-4/h5-7,13H,8-9H2,1-4H3. The molecule has 0 aliphatic carbocycles. The number of phenolic OH excluding ortho intramolecular Hbond substituents is 1. The number of hydrogen-bond donors (Lipinski definition) is 1. The van der Waals surface area contributed by atoms with Gasteiger partial charge in [0.25, 0.3) is 0 Å². The molecule has 0 atom stereocenters. The molecule has 9 heteroatoms. The Hall–Kier alpha value is -0.680. The van der Waals surface area contributed by atoms with E-state index in [0.717, 1.165) is 0 Å². The lowest BCUT2D eigenvalue weighted by Crippen LogP contribution is -1.97. The first-order valence-electron chi connectivity index (χ1n) is 6.02. The molecule has 1 aromatic rings. The molecule has 0 fully saturated rings. The summed E-state index contributed by atoms with van der Waals surface area (Å²) in [4.78, 5) is 0. The summed E-state index contributed by atoms with van der Waals surface area (Å²) < 4.78 is 43.7. The topological polar surface area (TPSA) is 91.3 Å². The minimum absolute atomic E-state index is 0.00827. The fourth-order valence-corrected chi connectivity index (χ4v) is 3.85. The highest BCUT2D eigenvalue weighted by atomic mass is 31.2. The van der Waals surface area contributed by atoms with E-state index >= 15 is 0 Å². The normalized spacial score (nSPS) is 12.6. The van der Waals surface area contributed by atoms with E-state index in [2.05, 4.69) is 0 Å². The van der Waals surface area contributed by atoms with Gasteiger partial charge < -0.3 is 23.2 Å². The van der Waals surface area contributed by atoms with Crippen LogP contribution >= 0.6 is 15.2 Å². The maximum absolute atomic E-state index is 12.1. The van der Waals surface area contributed by atoms with Crippen molar-refractivity contribution >= 4 is 15.2 Å². The van der Waals surface area contributed by atoms with E-state index in [1.165, 1.54) is 40.6 Å². The van der Waals surface area contributed by atoms with Crippen molar-refractivity contribution in [1.82, 2.24) is 0 Å². The average Bonchev–Trinajstić information content (AvgIpc) is 2.46. The van der Waals surface area contributed by atoms with Gasteiger partial charge >= 0.3 is 15.2 Å². The quantitative estimate of drug-likeness (QED) is 0.727. The van der Waals surface area contributed by atoms with Gasteiger partial charge in [0.2, 0.25) is 0 Å². The third-order valence-corrected chi connectivity index (χ3v) is 6.63. The van der Waals surface area contributed by atoms with Crippen LogP contribution in [0.1, 0.15) is 11.1 Å². The zero-order chi connectivity index (χ0) is 16.1. The molecule has 7 nitrogen and oxygen atoms in total. The Bertz CT molecular complexity index is 510. The van der Waals surface area contributed by atoms with Crippen LogP contribution in [0, 0.1) is 0 Å². The summed E-state index contributed by atoms with van der Waals surface area (Å²) in [6.07, 6.45) is -0.0165. The molecule has 0 heterocycles. The third kappa shape index (κ3) is 5.22. The molecule has 0 radical (unpaired) electrons. The van der Waals surface area contributed by atoms with E-state index in [9.17, 15) is 14.2 Å². The first-order valence-corrected chi connectivity index (χ1v) is 9.48. The predicted octanol–water partition coefficient (Wildman–Crippen LogP) is 3.36. The van der Waals surface area contributed by atoms with Crippen molar-refractivity contribution in [1.29, 1.82) is 0 Å². The molecule has 1 N–H and O–H groups in total. The highest BCUT2D eigenvalue weighted by Gasteiger charge is 2.25. The van der Waals surface area contributed by atoms with Gasteiger partial charge in [-0.25, -0.2) is 0 Å². The minimum atomic E-state index is -3.25. The van der Waals surface area contributed by atoms with Crippen LogP contribution in [0.4, 0.5) is 0 Å². The van der Waals surface area contributed by atoms with Crippen molar-refractivity contribution in [2.45, 2.75) is 12.3 Å². The first kappa shape index (κ1) is 18.4. The van der Waals surface area contributed by atoms with Gasteiger partial charge in [0.1, 0.15) is 5.75 Å². The zero-order valence-electron chi connectivity index (χ0n) is 12.4. The van der Waals surface area contributed by atoms with Crippen LogP contribution in [0.5, 0.6) is 5.75 Å². The molecule has 0 amide bonds. The molecule has 0 saturated heterocycles. The van der Waals surface area contributed by atoms with E-state index < -0.39 is 15.2 Å². The second-order valence-electron chi connectivity index (χ2n) is 4.28. The van der Waals surface area contributed by atoms with Crippen LogP contribution < -0.4 is 0 Å². The van der Waals surface area contributed by atoms with Gasteiger partial charge in [-0.15, -0.1) is 0 Å². The molecular weight excluding hydrogens is 318 g/mol. The molecule has 0 aliphatic heterocycles. The molecule has 0 spiro atoms. The second kappa shape index (κ2) is 7.54. The summed E-state index contributed by atoms with van der Waals surface area (Å²) in [7, 11) is -1.34. The monoisotopic (exact) mass is 338 g/mol. The van der Waals surface area contributed by atoms with Crippen molar-refractivity contribution in [3.05, 3.63) is 29.3 Å². The average molecular weight is 338 g/mol. The Kier molecular flexibility index (Phi) is 6.60. The lowest BCUT2D eigenvalue weighted by molar-refractivity contribution is 0.274. The lowest BCUT2D eigenvalue weighted by Gasteiger charge is -2.16. The maximum atomic E-state index is 12.1. The minimum Gasteiger partial charge on any atom is -0.508 e. The van der Waals surface area contributed by atoms with Gasteiger partial charge in [-0.2, -0.15) is 0 Å². The predicted molar refractivity (Wildman–Crippen MR) is 78.8 cm³/mol. The Morgan fingerprint density at radius 3 is 1.43 bits per heavy atom. The largest absolute Gasteiger partial charge is 0.508 e. The lowest BCUT2D eigenvalue weighted by atomic mass is 10.1. The van der Waals surface area contributed by atoms with Gasteiger partial charge in [-0.3, -0.25) is 9.13 Å². The van der Waals surface area contributed by atoms with Crippen LogP contribution in [0.3, 0.4) is 0 Å². The van der Waals surface area contributed by atoms with E-state index in [4.69, 9.17) is 18.1 Å². The molecule has 0 aliphatic rings. The highest BCUT2D eigenvalue weighted by Crippen LogP contribution is 2.52. The van der Waals surface area contributed by atoms with Gasteiger partial charge in [0.05, 0.1) is 12.3 Å². The number of rotatable bonds is 8. The molecule has 0 saturated carbocycles. The SMILES string of the molecule is COP(=O)(Cc1cc(O)cc(CP(=O)(OC)OC)c1)OC. The summed E-state index contributed by atoms with van der Waals surface area (Å²) in [5, 5.41) is 9.74. The summed E-state index contributed by atoms with van der Waals surface area (Å²) in [6.45, 7) is 0. The van der Waals surface area contributed by atoms with E-state index in [1.807, 2.05) is 0 Å². The van der Waals surface area contributed by atoms with E-state index in [0.29, 0.717) is 11.1 Å². The molecule has 21 heavy (non-hydrogen) atoms. The fraction of sp³-hybridized carbons (Fsp3) is 0.500. The third-order valence-electron chi connectivity index (χ3n) is 2.90. The Balaban J connectivity index is 3.06. The smallest absolute Gasteiger partial charge is 0.334 e. The number of benzene rings is 1. The van der Waals surface area contributed by atoms with Gasteiger partial charge in [0.15, 0.2) is 0 Å². The molecule has 1 aromatic carbocycles. The fourth-order valence-electron chi connectivity index (χ4n) is 1.78. The van der Waals surface area contributed by atoms with Crippen LogP contribution in [0.15, 0.2) is 18.2 Å². The van der Waals surface area contributed by atoms with Crippen LogP contribution in [-0.4, -0.2) is 33.5 Å². The Morgan fingerprint density at radius 2 is 1.14 bits per heavy atom. The van der Waals surface area contributed by atoms with Gasteiger partial charge in [-0.1, -0.05) is 6.07 Å². The molecule has 0 aromatic heterocycles. The number of aromatic hydroxyl groups is 1. The van der Waals surface area contributed by atoms with Crippen molar-refractivity contribution in [2.75, 3.05) is 28.4 Å². The Labute approximate surface area is 124 Å². The molecular formula is C12H20O7P2. The summed E-state index contributed by atoms with van der Waals surface area (Å²) in [6, 6.07) is 4.53. The van der Waals surface area contributed by atoms with Gasteiger partial charge in [0, 0.05) is 28.4 Å². The van der Waals surface area contributed by atoms with E-state index in [-0.39, 0.29) is 18.1 Å². The molecule has 1 rings (SSSR count). The summed E-state index contributed by atoms with van der Waals surface area (Å²) >= 11 is 0. The number of hydrogen-bond acceptors (Lipinski definition) is 7. The maximum Gasteiger partial charge on any atom is 0.334 e. The molecule has 0 bridgehead atoms. The van der Waals surface area contributed by atoms with Crippen molar-refractivity contribution in [3.63, 3.8) is 0 Å². The van der Waals surface area contributed by atoms with Gasteiger partial charge in [-0.05, 0) is 23.3 Å². The highest BCUT2D eigenvalue weighted by molar-refractivity contribution is 7.53. The van der Waals surface area contributed by atoms with Crippen molar-refractivity contribution in [2.24, 2.45) is 0 Å².